The van der Waals surface area contributed by atoms with Crippen molar-refractivity contribution >= 4 is 12.2 Å². The van der Waals surface area contributed by atoms with Crippen LogP contribution in [-0.4, -0.2) is 24.2 Å². The molecule has 1 aromatic heterocycles. The van der Waals surface area contributed by atoms with Crippen LogP contribution < -0.4 is 9.47 Å². The Bertz CT molecular complexity index is 704. The average molecular weight is 273 g/mol. The molecule has 5 nitrogen and oxygen atoms in total. The maximum Gasteiger partial charge on any atom is 0.179 e. The minimum atomic E-state index is 0.348. The lowest BCUT2D eigenvalue weighted by molar-refractivity contribution is 0.406. The van der Waals surface area contributed by atoms with Gasteiger partial charge < -0.3 is 14.5 Å². The average Bonchev–Trinajstić information content (AvgIpc) is 2.46. The molecule has 0 spiro atoms. The molecule has 0 fully saturated rings. The topological polar surface area (TPSA) is 70.9 Å². The molecule has 2 aromatic rings. The molecule has 0 saturated carbocycles. The first kappa shape index (κ1) is 13.1. The quantitative estimate of drug-likeness (QED) is 0.870. The Morgan fingerprint density at radius 1 is 1.32 bits per heavy atom. The molecule has 19 heavy (non-hydrogen) atoms. The zero-order chi connectivity index (χ0) is 13.8. The van der Waals surface area contributed by atoms with Crippen LogP contribution in [0.25, 0.3) is 11.3 Å². The standard InChI is InChI=1S/C13H11N3O2S/c1-17-10-4-3-8(6-14)5-9(10)11-12(18-2)13(19)16-7-15-11/h3-5,7H,1-2H3,(H,15,16,19). The lowest BCUT2D eigenvalue weighted by Gasteiger charge is -2.12. The van der Waals surface area contributed by atoms with Crippen LogP contribution in [0, 0.1) is 16.0 Å². The molecule has 0 unspecified atom stereocenters. The van der Waals surface area contributed by atoms with Gasteiger partial charge in [0.25, 0.3) is 0 Å². The Hall–Kier alpha value is -2.39. The number of rotatable bonds is 3. The van der Waals surface area contributed by atoms with Crippen molar-refractivity contribution < 1.29 is 9.47 Å². The van der Waals surface area contributed by atoms with Crippen molar-refractivity contribution in [3.8, 4) is 28.8 Å². The van der Waals surface area contributed by atoms with Gasteiger partial charge in [0.1, 0.15) is 5.75 Å². The Morgan fingerprint density at radius 3 is 2.74 bits per heavy atom. The van der Waals surface area contributed by atoms with Crippen molar-refractivity contribution in [1.29, 1.82) is 5.26 Å². The minimum absolute atomic E-state index is 0.348. The summed E-state index contributed by atoms with van der Waals surface area (Å²) in [4.78, 5) is 6.94. The van der Waals surface area contributed by atoms with Gasteiger partial charge >= 0.3 is 0 Å². The Balaban J connectivity index is 2.74. The van der Waals surface area contributed by atoms with E-state index in [0.717, 1.165) is 0 Å². The smallest absolute Gasteiger partial charge is 0.179 e. The Morgan fingerprint density at radius 2 is 2.11 bits per heavy atom. The third kappa shape index (κ3) is 2.41. The third-order valence-corrected chi connectivity index (χ3v) is 2.90. The van der Waals surface area contributed by atoms with Crippen molar-refractivity contribution in [2.75, 3.05) is 14.2 Å². The third-order valence-electron chi connectivity index (χ3n) is 2.61. The highest BCUT2D eigenvalue weighted by molar-refractivity contribution is 7.71. The van der Waals surface area contributed by atoms with E-state index in [1.807, 2.05) is 0 Å². The molecule has 0 bridgehead atoms. The first-order valence-electron chi connectivity index (χ1n) is 5.41. The van der Waals surface area contributed by atoms with Crippen molar-refractivity contribution in [3.05, 3.63) is 34.7 Å². The predicted molar refractivity (Wildman–Crippen MR) is 72.7 cm³/mol. The summed E-state index contributed by atoms with van der Waals surface area (Å²) >= 11 is 5.12. The minimum Gasteiger partial charge on any atom is -0.496 e. The monoisotopic (exact) mass is 273 g/mol. The van der Waals surface area contributed by atoms with Crippen molar-refractivity contribution in [2.24, 2.45) is 0 Å². The van der Waals surface area contributed by atoms with Gasteiger partial charge in [-0.15, -0.1) is 0 Å². The maximum atomic E-state index is 8.99. The molecule has 96 valence electrons. The number of hydrogen-bond acceptors (Lipinski definition) is 5. The van der Waals surface area contributed by atoms with Crippen LogP contribution in [0.1, 0.15) is 5.56 Å². The fraction of sp³-hybridized carbons (Fsp3) is 0.154. The van der Waals surface area contributed by atoms with Gasteiger partial charge in [-0.2, -0.15) is 5.26 Å². The zero-order valence-corrected chi connectivity index (χ0v) is 11.2. The highest BCUT2D eigenvalue weighted by atomic mass is 32.1. The Kier molecular flexibility index (Phi) is 3.78. The highest BCUT2D eigenvalue weighted by Gasteiger charge is 2.14. The summed E-state index contributed by atoms with van der Waals surface area (Å²) < 4.78 is 10.9. The number of H-pyrrole nitrogens is 1. The SMILES string of the molecule is COc1ccc(C#N)cc1-c1[nH]cnc(=S)c1OC. The van der Waals surface area contributed by atoms with E-state index in [1.54, 1.807) is 25.3 Å². The second-order valence-electron chi connectivity index (χ2n) is 3.64. The zero-order valence-electron chi connectivity index (χ0n) is 10.4. The summed E-state index contributed by atoms with van der Waals surface area (Å²) in [5.74, 6) is 1.07. The van der Waals surface area contributed by atoms with E-state index in [0.29, 0.717) is 33.0 Å². The second-order valence-corrected chi connectivity index (χ2v) is 4.03. The number of hydrogen-bond donors (Lipinski definition) is 1. The van der Waals surface area contributed by atoms with Crippen molar-refractivity contribution in [2.45, 2.75) is 0 Å². The number of aromatic amines is 1. The number of nitrogens with one attached hydrogen (secondary N) is 1. The van der Waals surface area contributed by atoms with Crippen LogP contribution in [0.4, 0.5) is 0 Å². The number of nitrogens with zero attached hydrogens (tertiary/aromatic N) is 2. The van der Waals surface area contributed by atoms with E-state index < -0.39 is 0 Å². The number of nitriles is 1. The number of methoxy groups -OCH3 is 2. The summed E-state index contributed by atoms with van der Waals surface area (Å²) in [6.45, 7) is 0. The molecule has 1 aromatic carbocycles. The number of ether oxygens (including phenoxy) is 2. The maximum absolute atomic E-state index is 8.99. The summed E-state index contributed by atoms with van der Waals surface area (Å²) in [5.41, 5.74) is 1.86. The molecule has 6 heteroatoms. The molecule has 0 amide bonds. The van der Waals surface area contributed by atoms with Crippen LogP contribution in [0.15, 0.2) is 24.5 Å². The summed E-state index contributed by atoms with van der Waals surface area (Å²) in [6.07, 6.45) is 1.48. The molecule has 1 heterocycles. The van der Waals surface area contributed by atoms with Gasteiger partial charge in [0, 0.05) is 5.56 Å². The number of benzene rings is 1. The number of aromatic nitrogens is 2. The van der Waals surface area contributed by atoms with Crippen molar-refractivity contribution in [3.63, 3.8) is 0 Å². The molecule has 2 rings (SSSR count). The van der Waals surface area contributed by atoms with Gasteiger partial charge in [-0.1, -0.05) is 12.2 Å². The van der Waals surface area contributed by atoms with E-state index in [2.05, 4.69) is 16.0 Å². The molecule has 0 atom stereocenters. The first-order chi connectivity index (χ1) is 9.21. The van der Waals surface area contributed by atoms with Crippen LogP contribution in [0.2, 0.25) is 0 Å². The molecule has 0 radical (unpaired) electrons. The summed E-state index contributed by atoms with van der Waals surface area (Å²) in [5, 5.41) is 8.99. The summed E-state index contributed by atoms with van der Waals surface area (Å²) in [7, 11) is 3.08. The van der Waals surface area contributed by atoms with Crippen LogP contribution in [0.5, 0.6) is 11.5 Å². The van der Waals surface area contributed by atoms with Crippen LogP contribution in [0.3, 0.4) is 0 Å². The van der Waals surface area contributed by atoms with Gasteiger partial charge in [-0.05, 0) is 18.2 Å². The molecule has 0 aliphatic heterocycles. The first-order valence-corrected chi connectivity index (χ1v) is 5.82. The molecular weight excluding hydrogens is 262 g/mol. The van der Waals surface area contributed by atoms with E-state index >= 15 is 0 Å². The predicted octanol–water partition coefficient (Wildman–Crippen LogP) is 2.70. The van der Waals surface area contributed by atoms with Gasteiger partial charge in [0.2, 0.25) is 0 Å². The molecule has 0 aliphatic carbocycles. The van der Waals surface area contributed by atoms with E-state index in [-0.39, 0.29) is 0 Å². The van der Waals surface area contributed by atoms with Crippen molar-refractivity contribution in [1.82, 2.24) is 9.97 Å². The van der Waals surface area contributed by atoms with Gasteiger partial charge in [-0.25, -0.2) is 4.98 Å². The fourth-order valence-electron chi connectivity index (χ4n) is 1.75. The van der Waals surface area contributed by atoms with E-state index in [4.69, 9.17) is 27.0 Å². The Labute approximate surface area is 115 Å². The normalized spacial score (nSPS) is 9.74. The largest absolute Gasteiger partial charge is 0.496 e. The molecule has 1 N–H and O–H groups in total. The van der Waals surface area contributed by atoms with Gasteiger partial charge in [0.15, 0.2) is 10.4 Å². The highest BCUT2D eigenvalue weighted by Crippen LogP contribution is 2.35. The molecular formula is C13H11N3O2S. The van der Waals surface area contributed by atoms with E-state index in [1.165, 1.54) is 13.4 Å². The lowest BCUT2D eigenvalue weighted by Crippen LogP contribution is -1.97. The summed E-state index contributed by atoms with van der Waals surface area (Å²) in [6, 6.07) is 7.21. The van der Waals surface area contributed by atoms with Gasteiger partial charge in [0.05, 0.1) is 37.9 Å². The van der Waals surface area contributed by atoms with Gasteiger partial charge in [-0.3, -0.25) is 0 Å². The van der Waals surface area contributed by atoms with E-state index in [9.17, 15) is 0 Å². The molecule has 0 aliphatic rings. The molecule has 0 saturated heterocycles. The van der Waals surface area contributed by atoms with Crippen LogP contribution in [-0.2, 0) is 0 Å². The second kappa shape index (κ2) is 5.50. The van der Waals surface area contributed by atoms with Crippen LogP contribution >= 0.6 is 12.2 Å². The fourth-order valence-corrected chi connectivity index (χ4v) is 1.99. The lowest BCUT2D eigenvalue weighted by atomic mass is 10.1.